The maximum Gasteiger partial charge on any atom is 0.410 e. The Morgan fingerprint density at radius 3 is 2.26 bits per heavy atom. The summed E-state index contributed by atoms with van der Waals surface area (Å²) < 4.78 is 5.63. The van der Waals surface area contributed by atoms with Crippen molar-refractivity contribution in [3.05, 3.63) is 63.7 Å². The fraction of sp³-hybridized carbons (Fsp3) is 0.590. The molecule has 11 heteroatoms. The van der Waals surface area contributed by atoms with Crippen molar-refractivity contribution in [2.45, 2.75) is 72.4 Å². The number of carbonyl (C=O) groups is 4. The Bertz CT molecular complexity index is 1600. The molecule has 10 nitrogen and oxygen atoms in total. The van der Waals surface area contributed by atoms with Gasteiger partial charge in [-0.25, -0.2) is 4.79 Å². The molecule has 4 aliphatic heterocycles. The van der Waals surface area contributed by atoms with E-state index in [1.54, 1.807) is 11.8 Å². The molecule has 0 N–H and O–H groups in total. The van der Waals surface area contributed by atoms with Crippen LogP contribution in [-0.2, 0) is 27.3 Å². The van der Waals surface area contributed by atoms with E-state index in [0.717, 1.165) is 61.5 Å². The van der Waals surface area contributed by atoms with Crippen molar-refractivity contribution in [1.29, 1.82) is 0 Å². The van der Waals surface area contributed by atoms with Crippen LogP contribution in [0.1, 0.15) is 74.0 Å². The van der Waals surface area contributed by atoms with E-state index >= 15 is 0 Å². The average molecular weight is 706 g/mol. The van der Waals surface area contributed by atoms with E-state index in [1.807, 2.05) is 72.7 Å². The molecule has 2 aromatic rings. The van der Waals surface area contributed by atoms with Crippen molar-refractivity contribution in [2.24, 2.45) is 17.8 Å². The second kappa shape index (κ2) is 14.9. The molecule has 2 atom stereocenters. The topological polar surface area (TPSA) is 93.7 Å². The summed E-state index contributed by atoms with van der Waals surface area (Å²) in [6.07, 6.45) is 2.54. The number of ether oxygens (including phenoxy) is 1. The lowest BCUT2D eigenvalue weighted by Crippen LogP contribution is -2.44. The standard InChI is InChI=1S/C39H52ClN5O5/c1-26-10-11-32(20-35(26)40)45(36(47)29-13-17-42(18-14-29)27(2)46)16-7-15-41-21-30-23-44(24-31(30)22-41)37(48)33-9-6-8-28-12-19-43(25-34(28)33)38(49)50-39(3,4)5/h6,8-11,20,29-31H,7,12-19,21-25H2,1-5H3. The Morgan fingerprint density at radius 2 is 1.62 bits per heavy atom. The summed E-state index contributed by atoms with van der Waals surface area (Å²) in [6.45, 7) is 16.1. The molecule has 4 amide bonds. The molecule has 0 spiro atoms. The van der Waals surface area contributed by atoms with E-state index in [-0.39, 0.29) is 29.7 Å². The molecule has 0 saturated carbocycles. The van der Waals surface area contributed by atoms with Gasteiger partial charge in [0.15, 0.2) is 0 Å². The van der Waals surface area contributed by atoms with Gasteiger partial charge in [0.2, 0.25) is 11.8 Å². The maximum atomic E-state index is 13.9. The van der Waals surface area contributed by atoms with Gasteiger partial charge in [-0.15, -0.1) is 0 Å². The van der Waals surface area contributed by atoms with Crippen LogP contribution in [0.4, 0.5) is 10.5 Å². The number of likely N-dealkylation sites (tertiary alicyclic amines) is 3. The normalized spacial score (nSPS) is 21.2. The van der Waals surface area contributed by atoms with Gasteiger partial charge in [-0.1, -0.05) is 29.8 Å². The van der Waals surface area contributed by atoms with Crippen LogP contribution in [-0.4, -0.2) is 108 Å². The minimum absolute atomic E-state index is 0.0499. The molecule has 2 aromatic carbocycles. The molecule has 0 aromatic heterocycles. The number of nitrogens with zero attached hydrogens (tertiary/aromatic N) is 5. The van der Waals surface area contributed by atoms with E-state index < -0.39 is 5.60 Å². The Hall–Kier alpha value is -3.63. The third-order valence-corrected chi connectivity index (χ3v) is 11.3. The molecule has 0 radical (unpaired) electrons. The maximum absolute atomic E-state index is 13.9. The zero-order valence-corrected chi connectivity index (χ0v) is 31.0. The molecule has 4 aliphatic rings. The number of aryl methyl sites for hydroxylation is 1. The molecule has 2 unspecified atom stereocenters. The Morgan fingerprint density at radius 1 is 0.920 bits per heavy atom. The lowest BCUT2D eigenvalue weighted by molar-refractivity contribution is -0.133. The number of anilines is 1. The Labute approximate surface area is 301 Å². The first-order valence-electron chi connectivity index (χ1n) is 18.2. The lowest BCUT2D eigenvalue weighted by Gasteiger charge is -2.34. The SMILES string of the molecule is CC(=O)N1CCC(C(=O)N(CCCN2CC3CN(C(=O)c4cccc5c4CN(C(=O)OC(C)(C)C)CC5)CC3C2)c2ccc(C)c(Cl)c2)CC1. The van der Waals surface area contributed by atoms with Gasteiger partial charge in [-0.2, -0.15) is 0 Å². The Kier molecular flexibility index (Phi) is 10.8. The van der Waals surface area contributed by atoms with Crippen molar-refractivity contribution >= 4 is 41.1 Å². The number of carbonyl (C=O) groups excluding carboxylic acids is 4. The molecular weight excluding hydrogens is 654 g/mol. The first kappa shape index (κ1) is 36.2. The largest absolute Gasteiger partial charge is 0.444 e. The summed E-state index contributed by atoms with van der Waals surface area (Å²) in [5.41, 5.74) is 3.99. The second-order valence-corrected chi connectivity index (χ2v) is 16.0. The number of amides is 4. The summed E-state index contributed by atoms with van der Waals surface area (Å²) >= 11 is 6.50. The number of hydrogen-bond donors (Lipinski definition) is 0. The van der Waals surface area contributed by atoms with Crippen molar-refractivity contribution in [2.75, 3.05) is 63.8 Å². The van der Waals surface area contributed by atoms with Crippen molar-refractivity contribution in [3.63, 3.8) is 0 Å². The van der Waals surface area contributed by atoms with Crippen LogP contribution in [0.2, 0.25) is 5.02 Å². The Balaban J connectivity index is 1.04. The predicted molar refractivity (Wildman–Crippen MR) is 194 cm³/mol. The van der Waals surface area contributed by atoms with E-state index in [1.165, 1.54) is 0 Å². The van der Waals surface area contributed by atoms with Crippen molar-refractivity contribution in [1.82, 2.24) is 19.6 Å². The summed E-state index contributed by atoms with van der Waals surface area (Å²) in [5.74, 6) is 0.933. The predicted octanol–water partition coefficient (Wildman–Crippen LogP) is 5.63. The molecular formula is C39H52ClN5O5. The second-order valence-electron chi connectivity index (χ2n) is 15.6. The van der Waals surface area contributed by atoms with Crippen LogP contribution >= 0.6 is 11.6 Å². The number of rotatable bonds is 7. The van der Waals surface area contributed by atoms with Gasteiger partial charge in [0, 0.05) is 81.5 Å². The molecule has 3 saturated heterocycles. The highest BCUT2D eigenvalue weighted by Crippen LogP contribution is 2.34. The van der Waals surface area contributed by atoms with Gasteiger partial charge in [0.25, 0.3) is 5.91 Å². The first-order chi connectivity index (χ1) is 23.8. The van der Waals surface area contributed by atoms with Crippen LogP contribution in [0, 0.1) is 24.7 Å². The van der Waals surface area contributed by atoms with Gasteiger partial charge < -0.3 is 29.2 Å². The van der Waals surface area contributed by atoms with Crippen LogP contribution in [0.5, 0.6) is 0 Å². The van der Waals surface area contributed by atoms with Gasteiger partial charge in [0.1, 0.15) is 5.60 Å². The molecule has 3 fully saturated rings. The van der Waals surface area contributed by atoms with Crippen LogP contribution < -0.4 is 4.90 Å². The van der Waals surface area contributed by atoms with Gasteiger partial charge >= 0.3 is 6.09 Å². The average Bonchev–Trinajstić information content (AvgIpc) is 3.65. The molecule has 4 heterocycles. The van der Waals surface area contributed by atoms with E-state index in [4.69, 9.17) is 16.3 Å². The van der Waals surface area contributed by atoms with Crippen LogP contribution in [0.25, 0.3) is 0 Å². The zero-order valence-electron chi connectivity index (χ0n) is 30.3. The quantitative estimate of drug-likeness (QED) is 0.371. The number of benzene rings is 2. The first-order valence-corrected chi connectivity index (χ1v) is 18.6. The molecule has 50 heavy (non-hydrogen) atoms. The lowest BCUT2D eigenvalue weighted by atomic mass is 9.94. The third kappa shape index (κ3) is 8.12. The molecule has 0 bridgehead atoms. The minimum Gasteiger partial charge on any atom is -0.444 e. The van der Waals surface area contributed by atoms with Crippen molar-refractivity contribution in [3.8, 4) is 0 Å². The smallest absolute Gasteiger partial charge is 0.410 e. The number of piperidine rings is 1. The van der Waals surface area contributed by atoms with E-state index in [9.17, 15) is 19.2 Å². The van der Waals surface area contributed by atoms with Gasteiger partial charge in [-0.3, -0.25) is 14.4 Å². The van der Waals surface area contributed by atoms with Gasteiger partial charge in [0.05, 0.1) is 6.54 Å². The monoisotopic (exact) mass is 705 g/mol. The zero-order chi connectivity index (χ0) is 35.7. The fourth-order valence-corrected chi connectivity index (χ4v) is 8.28. The number of halogens is 1. The number of hydrogen-bond acceptors (Lipinski definition) is 6. The summed E-state index contributed by atoms with van der Waals surface area (Å²) in [5, 5.41) is 0.648. The summed E-state index contributed by atoms with van der Waals surface area (Å²) in [6, 6.07) is 11.8. The van der Waals surface area contributed by atoms with Crippen LogP contribution in [0.3, 0.4) is 0 Å². The third-order valence-electron chi connectivity index (χ3n) is 10.9. The fourth-order valence-electron chi connectivity index (χ4n) is 8.10. The highest BCUT2D eigenvalue weighted by Gasteiger charge is 2.42. The highest BCUT2D eigenvalue weighted by molar-refractivity contribution is 6.31. The minimum atomic E-state index is -0.574. The van der Waals surface area contributed by atoms with E-state index in [2.05, 4.69) is 11.0 Å². The van der Waals surface area contributed by atoms with Gasteiger partial charge in [-0.05, 0) is 107 Å². The highest BCUT2D eigenvalue weighted by atomic mass is 35.5. The summed E-state index contributed by atoms with van der Waals surface area (Å²) in [4.78, 5) is 62.4. The van der Waals surface area contributed by atoms with E-state index in [0.29, 0.717) is 74.4 Å². The van der Waals surface area contributed by atoms with Crippen LogP contribution in [0.15, 0.2) is 36.4 Å². The molecule has 270 valence electrons. The summed E-state index contributed by atoms with van der Waals surface area (Å²) in [7, 11) is 0. The van der Waals surface area contributed by atoms with Crippen molar-refractivity contribution < 1.29 is 23.9 Å². The molecule has 6 rings (SSSR count). The number of fused-ring (bicyclic) bond motifs is 2. The molecule has 0 aliphatic carbocycles.